The third kappa shape index (κ3) is 3.35. The molecule has 0 N–H and O–H groups in total. The number of imidazole rings is 1. The molecule has 0 amide bonds. The fourth-order valence-electron chi connectivity index (χ4n) is 3.01. The summed E-state index contributed by atoms with van der Waals surface area (Å²) in [6.45, 7) is 4.14. The lowest BCUT2D eigenvalue weighted by molar-refractivity contribution is -0.140. The van der Waals surface area contributed by atoms with Crippen molar-refractivity contribution in [3.8, 4) is 11.4 Å². The Morgan fingerprint density at radius 1 is 1.07 bits per heavy atom. The lowest BCUT2D eigenvalue weighted by Gasteiger charge is -2.11. The third-order valence-corrected chi connectivity index (χ3v) is 4.42. The molecule has 0 aliphatic heterocycles. The molecule has 0 radical (unpaired) electrons. The van der Waals surface area contributed by atoms with Crippen LogP contribution in [-0.4, -0.2) is 29.3 Å². The fourth-order valence-corrected chi connectivity index (χ4v) is 3.01. The van der Waals surface area contributed by atoms with Crippen molar-refractivity contribution in [2.45, 2.75) is 32.6 Å². The Bertz CT molecular complexity index is 1110. The van der Waals surface area contributed by atoms with Crippen LogP contribution in [0.25, 0.3) is 22.4 Å². The summed E-state index contributed by atoms with van der Waals surface area (Å²) in [5.74, 6) is 0.297. The number of aromatic nitrogens is 6. The second-order valence-corrected chi connectivity index (χ2v) is 6.75. The van der Waals surface area contributed by atoms with Crippen molar-refractivity contribution in [2.24, 2.45) is 0 Å². The molecule has 0 saturated heterocycles. The molecular formula is C19H17F3N6. The number of hydrogen-bond acceptors (Lipinski definition) is 4. The molecule has 0 spiro atoms. The number of nitrogens with zero attached hydrogens (tertiary/aromatic N) is 6. The zero-order valence-electron chi connectivity index (χ0n) is 15.2. The average Bonchev–Trinajstić information content (AvgIpc) is 3.27. The van der Waals surface area contributed by atoms with Crippen LogP contribution >= 0.6 is 0 Å². The Kier molecular flexibility index (Phi) is 4.37. The van der Waals surface area contributed by atoms with Gasteiger partial charge >= 0.3 is 6.18 Å². The van der Waals surface area contributed by atoms with Gasteiger partial charge in [-0.05, 0) is 19.4 Å². The van der Waals surface area contributed by atoms with Crippen LogP contribution < -0.4 is 0 Å². The fraction of sp³-hybridized carbons (Fsp3) is 0.263. The number of benzene rings is 1. The second kappa shape index (κ2) is 6.74. The summed E-state index contributed by atoms with van der Waals surface area (Å²) in [5.41, 5.74) is 1.42. The smallest absolute Gasteiger partial charge is 0.328 e. The monoisotopic (exact) mass is 386 g/mol. The maximum Gasteiger partial charge on any atom is 0.434 e. The molecule has 144 valence electrons. The average molecular weight is 386 g/mol. The van der Waals surface area contributed by atoms with Crippen molar-refractivity contribution in [1.29, 1.82) is 0 Å². The number of halogens is 3. The van der Waals surface area contributed by atoms with Gasteiger partial charge in [0.2, 0.25) is 0 Å². The van der Waals surface area contributed by atoms with Gasteiger partial charge in [-0.25, -0.2) is 19.6 Å². The van der Waals surface area contributed by atoms with Crippen molar-refractivity contribution < 1.29 is 13.2 Å². The molecular weight excluding hydrogens is 369 g/mol. The summed E-state index contributed by atoms with van der Waals surface area (Å²) in [6, 6.07) is 7.12. The minimum Gasteiger partial charge on any atom is -0.328 e. The van der Waals surface area contributed by atoms with Crippen LogP contribution in [0.3, 0.4) is 0 Å². The highest BCUT2D eigenvalue weighted by atomic mass is 19.4. The van der Waals surface area contributed by atoms with Crippen LogP contribution in [-0.2, 0) is 12.7 Å². The van der Waals surface area contributed by atoms with Crippen LogP contribution in [0.15, 0.2) is 49.2 Å². The molecule has 0 fully saturated rings. The van der Waals surface area contributed by atoms with Gasteiger partial charge in [-0.1, -0.05) is 24.3 Å². The maximum atomic E-state index is 13.1. The molecule has 28 heavy (non-hydrogen) atoms. The molecule has 0 aliphatic rings. The van der Waals surface area contributed by atoms with Crippen LogP contribution in [0.1, 0.15) is 31.1 Å². The van der Waals surface area contributed by atoms with E-state index < -0.39 is 11.9 Å². The van der Waals surface area contributed by atoms with E-state index in [0.717, 1.165) is 22.8 Å². The number of hydrogen-bond donors (Lipinski definition) is 0. The lowest BCUT2D eigenvalue weighted by Crippen LogP contribution is -2.05. The highest BCUT2D eigenvalue weighted by Crippen LogP contribution is 2.32. The van der Waals surface area contributed by atoms with Crippen molar-refractivity contribution >= 4 is 11.0 Å². The van der Waals surface area contributed by atoms with Gasteiger partial charge < -0.3 is 4.57 Å². The summed E-state index contributed by atoms with van der Waals surface area (Å²) in [6.07, 6.45) is 1.44. The van der Waals surface area contributed by atoms with E-state index in [1.54, 1.807) is 29.2 Å². The third-order valence-electron chi connectivity index (χ3n) is 4.42. The zero-order valence-corrected chi connectivity index (χ0v) is 15.2. The normalized spacial score (nSPS) is 12.2. The van der Waals surface area contributed by atoms with Gasteiger partial charge in [0, 0.05) is 24.0 Å². The van der Waals surface area contributed by atoms with E-state index in [2.05, 4.69) is 20.1 Å². The van der Waals surface area contributed by atoms with Crippen molar-refractivity contribution in [1.82, 2.24) is 29.3 Å². The van der Waals surface area contributed by atoms with Gasteiger partial charge in [0.1, 0.15) is 12.2 Å². The number of fused-ring (bicyclic) bond motifs is 1. The SMILES string of the molecule is CC(C)n1cc(C(F)(F)F)nc1-c1ccc(Cn2ncc3cncnc32)cc1. The van der Waals surface area contributed by atoms with Crippen molar-refractivity contribution in [3.63, 3.8) is 0 Å². The lowest BCUT2D eigenvalue weighted by atomic mass is 10.1. The van der Waals surface area contributed by atoms with Crippen LogP contribution in [0, 0.1) is 0 Å². The Balaban J connectivity index is 1.64. The topological polar surface area (TPSA) is 61.4 Å². The van der Waals surface area contributed by atoms with E-state index in [9.17, 15) is 13.2 Å². The summed E-state index contributed by atoms with van der Waals surface area (Å²) >= 11 is 0. The van der Waals surface area contributed by atoms with Gasteiger partial charge in [-0.15, -0.1) is 0 Å². The van der Waals surface area contributed by atoms with Crippen molar-refractivity contribution in [2.75, 3.05) is 0 Å². The first-order valence-corrected chi connectivity index (χ1v) is 8.70. The highest BCUT2D eigenvalue weighted by Gasteiger charge is 2.35. The predicted molar refractivity (Wildman–Crippen MR) is 97.5 cm³/mol. The highest BCUT2D eigenvalue weighted by molar-refractivity contribution is 5.72. The molecule has 1 aromatic carbocycles. The quantitative estimate of drug-likeness (QED) is 0.524. The van der Waals surface area contributed by atoms with Gasteiger partial charge in [-0.3, -0.25) is 0 Å². The standard InChI is InChI=1S/C19H17F3N6/c1-12(2)27-10-16(19(20,21)22)26-18(27)14-5-3-13(4-6-14)9-28-17-15(8-25-28)7-23-11-24-17/h3-8,10-12H,9H2,1-2H3. The Morgan fingerprint density at radius 3 is 2.50 bits per heavy atom. The molecule has 4 aromatic rings. The van der Waals surface area contributed by atoms with Gasteiger partial charge in [0.05, 0.1) is 18.1 Å². The Labute approximate surface area is 158 Å². The maximum absolute atomic E-state index is 13.1. The van der Waals surface area contributed by atoms with E-state index >= 15 is 0 Å². The first-order valence-electron chi connectivity index (χ1n) is 8.70. The van der Waals surface area contributed by atoms with Gasteiger partial charge in [0.15, 0.2) is 11.3 Å². The van der Waals surface area contributed by atoms with E-state index in [0.29, 0.717) is 17.9 Å². The molecule has 3 aromatic heterocycles. The summed E-state index contributed by atoms with van der Waals surface area (Å²) in [5, 5.41) is 5.16. The van der Waals surface area contributed by atoms with Crippen LogP contribution in [0.4, 0.5) is 13.2 Å². The van der Waals surface area contributed by atoms with Gasteiger partial charge in [0.25, 0.3) is 0 Å². The molecule has 6 nitrogen and oxygen atoms in total. The molecule has 0 aliphatic carbocycles. The Hall–Kier alpha value is -3.23. The molecule has 0 saturated carbocycles. The molecule has 0 unspecified atom stereocenters. The van der Waals surface area contributed by atoms with E-state index in [1.807, 2.05) is 26.0 Å². The Morgan fingerprint density at radius 2 is 1.82 bits per heavy atom. The van der Waals surface area contributed by atoms with Gasteiger partial charge in [-0.2, -0.15) is 18.3 Å². The van der Waals surface area contributed by atoms with Crippen molar-refractivity contribution in [3.05, 3.63) is 60.4 Å². The molecule has 0 bridgehead atoms. The molecule has 3 heterocycles. The van der Waals surface area contributed by atoms with E-state index in [4.69, 9.17) is 0 Å². The van der Waals surface area contributed by atoms with E-state index in [1.165, 1.54) is 10.9 Å². The predicted octanol–water partition coefficient (Wildman–Crippen LogP) is 4.34. The first kappa shape index (κ1) is 18.1. The van der Waals surface area contributed by atoms with E-state index in [-0.39, 0.29) is 6.04 Å². The summed E-state index contributed by atoms with van der Waals surface area (Å²) in [7, 11) is 0. The first-order chi connectivity index (χ1) is 13.3. The number of rotatable bonds is 4. The van der Waals surface area contributed by atoms with Crippen LogP contribution in [0.2, 0.25) is 0 Å². The molecule has 9 heteroatoms. The molecule has 4 rings (SSSR count). The van der Waals surface area contributed by atoms with Crippen LogP contribution in [0.5, 0.6) is 0 Å². The minimum absolute atomic E-state index is 0.145. The molecule has 0 atom stereocenters. The zero-order chi connectivity index (χ0) is 19.9. The summed E-state index contributed by atoms with van der Waals surface area (Å²) in [4.78, 5) is 12.0. The minimum atomic E-state index is -4.47. The second-order valence-electron chi connectivity index (χ2n) is 6.75. The number of alkyl halides is 3. The largest absolute Gasteiger partial charge is 0.434 e. The summed E-state index contributed by atoms with van der Waals surface area (Å²) < 4.78 is 42.5.